The highest BCUT2D eigenvalue weighted by atomic mass is 19.1. The van der Waals surface area contributed by atoms with Gasteiger partial charge >= 0.3 is 0 Å². The number of carbonyl (C=O) groups is 1. The fourth-order valence-electron chi connectivity index (χ4n) is 3.08. The number of para-hydroxylation sites is 3. The summed E-state index contributed by atoms with van der Waals surface area (Å²) in [5.74, 6) is 0.0914. The van der Waals surface area contributed by atoms with E-state index in [1.54, 1.807) is 59.3 Å². The number of benzene rings is 3. The SMILES string of the molecule is O=C(CCn1ncc(=O)c2ccccc21)Nc1ccccc1Oc1cccc(F)c1. The van der Waals surface area contributed by atoms with Gasteiger partial charge in [-0.05, 0) is 36.4 Å². The Morgan fingerprint density at radius 3 is 2.70 bits per heavy atom. The van der Waals surface area contributed by atoms with Crippen molar-refractivity contribution < 1.29 is 13.9 Å². The third-order valence-electron chi connectivity index (χ3n) is 4.50. The van der Waals surface area contributed by atoms with Crippen molar-refractivity contribution in [2.24, 2.45) is 0 Å². The number of anilines is 1. The van der Waals surface area contributed by atoms with Gasteiger partial charge in [-0.3, -0.25) is 14.3 Å². The Morgan fingerprint density at radius 1 is 1.03 bits per heavy atom. The normalized spacial score (nSPS) is 10.7. The number of fused-ring (bicyclic) bond motifs is 1. The minimum atomic E-state index is -0.408. The Kier molecular flexibility index (Phi) is 5.52. The first-order valence-electron chi connectivity index (χ1n) is 9.37. The highest BCUT2D eigenvalue weighted by molar-refractivity contribution is 5.92. The smallest absolute Gasteiger partial charge is 0.226 e. The lowest BCUT2D eigenvalue weighted by molar-refractivity contribution is -0.116. The number of nitrogens with zero attached hydrogens (tertiary/aromatic N) is 2. The third-order valence-corrected chi connectivity index (χ3v) is 4.50. The number of nitrogens with one attached hydrogen (secondary N) is 1. The summed E-state index contributed by atoms with van der Waals surface area (Å²) in [4.78, 5) is 24.4. The summed E-state index contributed by atoms with van der Waals surface area (Å²) in [6.07, 6.45) is 1.40. The molecule has 4 rings (SSSR count). The van der Waals surface area contributed by atoms with Crippen LogP contribution in [0.25, 0.3) is 10.9 Å². The molecule has 0 unspecified atom stereocenters. The molecule has 0 atom stereocenters. The van der Waals surface area contributed by atoms with Gasteiger partial charge in [-0.15, -0.1) is 0 Å². The van der Waals surface area contributed by atoms with Crippen molar-refractivity contribution >= 4 is 22.5 Å². The van der Waals surface area contributed by atoms with Crippen LogP contribution in [0.2, 0.25) is 0 Å². The van der Waals surface area contributed by atoms with E-state index in [0.717, 1.165) is 0 Å². The van der Waals surface area contributed by atoms with Gasteiger partial charge in [0.1, 0.15) is 11.6 Å². The molecule has 0 aliphatic rings. The average molecular weight is 403 g/mol. The zero-order chi connectivity index (χ0) is 20.9. The molecule has 6 nitrogen and oxygen atoms in total. The average Bonchev–Trinajstić information content (AvgIpc) is 2.75. The Bertz CT molecular complexity index is 1270. The van der Waals surface area contributed by atoms with Gasteiger partial charge in [0.15, 0.2) is 5.75 Å². The molecule has 0 spiro atoms. The monoisotopic (exact) mass is 403 g/mol. The Balaban J connectivity index is 1.47. The summed E-state index contributed by atoms with van der Waals surface area (Å²) in [5, 5.41) is 7.50. The molecule has 7 heteroatoms. The highest BCUT2D eigenvalue weighted by Gasteiger charge is 2.10. The summed E-state index contributed by atoms with van der Waals surface area (Å²) in [6, 6.07) is 19.8. The minimum absolute atomic E-state index is 0.147. The molecule has 0 radical (unpaired) electrons. The molecule has 30 heavy (non-hydrogen) atoms. The van der Waals surface area contributed by atoms with E-state index in [-0.39, 0.29) is 17.8 Å². The molecule has 0 saturated carbocycles. The second-order valence-electron chi connectivity index (χ2n) is 6.60. The van der Waals surface area contributed by atoms with Crippen molar-refractivity contribution in [1.29, 1.82) is 0 Å². The second-order valence-corrected chi connectivity index (χ2v) is 6.60. The first kappa shape index (κ1) is 19.3. The van der Waals surface area contributed by atoms with Crippen molar-refractivity contribution in [3.05, 3.63) is 95.0 Å². The number of rotatable bonds is 6. The summed E-state index contributed by atoms with van der Waals surface area (Å²) >= 11 is 0. The first-order valence-corrected chi connectivity index (χ1v) is 9.37. The molecule has 0 aliphatic heterocycles. The predicted octanol–water partition coefficient (Wildman–Crippen LogP) is 4.36. The maximum atomic E-state index is 13.4. The van der Waals surface area contributed by atoms with Crippen LogP contribution in [0.3, 0.4) is 0 Å². The van der Waals surface area contributed by atoms with Gasteiger partial charge in [-0.1, -0.05) is 30.3 Å². The summed E-state index contributed by atoms with van der Waals surface area (Å²) in [6.45, 7) is 0.305. The molecule has 4 aromatic rings. The number of halogens is 1. The predicted molar refractivity (Wildman–Crippen MR) is 112 cm³/mol. The highest BCUT2D eigenvalue weighted by Crippen LogP contribution is 2.29. The molecule has 0 bridgehead atoms. The Hall–Kier alpha value is -4.00. The zero-order valence-corrected chi connectivity index (χ0v) is 15.9. The minimum Gasteiger partial charge on any atom is -0.455 e. The molecular weight excluding hydrogens is 385 g/mol. The Morgan fingerprint density at radius 2 is 1.83 bits per heavy atom. The van der Waals surface area contributed by atoms with E-state index < -0.39 is 5.82 Å². The number of ether oxygens (including phenoxy) is 1. The van der Waals surface area contributed by atoms with Crippen LogP contribution < -0.4 is 15.5 Å². The third kappa shape index (κ3) is 4.35. The van der Waals surface area contributed by atoms with Gasteiger partial charge in [0.25, 0.3) is 0 Å². The maximum absolute atomic E-state index is 13.4. The molecule has 1 amide bonds. The van der Waals surface area contributed by atoms with E-state index >= 15 is 0 Å². The van der Waals surface area contributed by atoms with Gasteiger partial charge in [0.05, 0.1) is 23.9 Å². The molecule has 1 N–H and O–H groups in total. The first-order chi connectivity index (χ1) is 14.6. The molecular formula is C23H18FN3O3. The quantitative estimate of drug-likeness (QED) is 0.519. The molecule has 1 heterocycles. The van der Waals surface area contributed by atoms with Crippen molar-refractivity contribution in [2.45, 2.75) is 13.0 Å². The van der Waals surface area contributed by atoms with E-state index in [2.05, 4.69) is 10.4 Å². The summed E-state index contributed by atoms with van der Waals surface area (Å²) < 4.78 is 20.7. The van der Waals surface area contributed by atoms with Crippen LogP contribution in [0.15, 0.2) is 83.8 Å². The van der Waals surface area contributed by atoms with E-state index in [0.29, 0.717) is 34.6 Å². The van der Waals surface area contributed by atoms with E-state index in [9.17, 15) is 14.0 Å². The molecule has 0 saturated heterocycles. The van der Waals surface area contributed by atoms with Gasteiger partial charge in [0.2, 0.25) is 11.3 Å². The lowest BCUT2D eigenvalue weighted by Crippen LogP contribution is -2.18. The lowest BCUT2D eigenvalue weighted by Gasteiger charge is -2.13. The molecule has 1 aromatic heterocycles. The summed E-state index contributed by atoms with van der Waals surface area (Å²) in [7, 11) is 0. The number of amides is 1. The lowest BCUT2D eigenvalue weighted by atomic mass is 10.2. The van der Waals surface area contributed by atoms with Crippen LogP contribution in [0, 0.1) is 5.82 Å². The van der Waals surface area contributed by atoms with Crippen LogP contribution in [0.4, 0.5) is 10.1 Å². The van der Waals surface area contributed by atoms with E-state index in [1.807, 2.05) is 6.07 Å². The van der Waals surface area contributed by atoms with Crippen molar-refractivity contribution in [1.82, 2.24) is 9.78 Å². The largest absolute Gasteiger partial charge is 0.455 e. The topological polar surface area (TPSA) is 73.2 Å². The fourth-order valence-corrected chi connectivity index (χ4v) is 3.08. The Labute approximate surface area is 171 Å². The maximum Gasteiger partial charge on any atom is 0.226 e. The number of aryl methyl sites for hydroxylation is 1. The van der Waals surface area contributed by atoms with Gasteiger partial charge in [-0.25, -0.2) is 4.39 Å². The van der Waals surface area contributed by atoms with Crippen LogP contribution in [0.5, 0.6) is 11.5 Å². The summed E-state index contributed by atoms with van der Waals surface area (Å²) in [5.41, 5.74) is 0.992. The fraction of sp³-hybridized carbons (Fsp3) is 0.0870. The van der Waals surface area contributed by atoms with Gasteiger partial charge in [0, 0.05) is 17.9 Å². The van der Waals surface area contributed by atoms with Crippen LogP contribution >= 0.6 is 0 Å². The van der Waals surface area contributed by atoms with E-state index in [1.165, 1.54) is 18.3 Å². The van der Waals surface area contributed by atoms with Gasteiger partial charge < -0.3 is 10.1 Å². The molecule has 0 fully saturated rings. The van der Waals surface area contributed by atoms with Crippen LogP contribution in [-0.2, 0) is 11.3 Å². The number of hydrogen-bond donors (Lipinski definition) is 1. The molecule has 150 valence electrons. The van der Waals surface area contributed by atoms with Crippen molar-refractivity contribution in [3.63, 3.8) is 0 Å². The zero-order valence-electron chi connectivity index (χ0n) is 15.9. The standard InChI is InChI=1S/C23H18FN3O3/c24-16-6-5-7-17(14-16)30-22-11-4-2-9-19(22)26-23(29)12-13-27-20-10-3-1-8-18(20)21(28)15-25-27/h1-11,14-15H,12-13H2,(H,26,29). The number of carbonyl (C=O) groups excluding carboxylic acids is 1. The van der Waals surface area contributed by atoms with Crippen LogP contribution in [-0.4, -0.2) is 15.7 Å². The van der Waals surface area contributed by atoms with Crippen molar-refractivity contribution in [3.8, 4) is 11.5 Å². The van der Waals surface area contributed by atoms with Crippen molar-refractivity contribution in [2.75, 3.05) is 5.32 Å². The number of aromatic nitrogens is 2. The van der Waals surface area contributed by atoms with E-state index in [4.69, 9.17) is 4.74 Å². The molecule has 0 aliphatic carbocycles. The number of hydrogen-bond acceptors (Lipinski definition) is 4. The molecule has 3 aromatic carbocycles. The second kappa shape index (κ2) is 8.57. The van der Waals surface area contributed by atoms with Gasteiger partial charge in [-0.2, -0.15) is 5.10 Å². The van der Waals surface area contributed by atoms with Crippen LogP contribution in [0.1, 0.15) is 6.42 Å².